The smallest absolute Gasteiger partial charge is 0.118 e. The van der Waals surface area contributed by atoms with Crippen LogP contribution in [0.4, 0.5) is 0 Å². The fraction of sp³-hybridized carbons (Fsp3) is 0.0769. The number of hydrogen-bond acceptors (Lipinski definition) is 3. The second-order valence-electron chi connectivity index (χ2n) is 3.51. The van der Waals surface area contributed by atoms with E-state index in [1.54, 1.807) is 12.3 Å². The summed E-state index contributed by atoms with van der Waals surface area (Å²) in [4.78, 5) is 7.93. The van der Waals surface area contributed by atoms with E-state index in [1.165, 1.54) is 6.33 Å². The van der Waals surface area contributed by atoms with Crippen LogP contribution in [0.25, 0.3) is 12.2 Å². The number of rotatable bonds is 2. The lowest BCUT2D eigenvalue weighted by Crippen LogP contribution is -1.81. The Morgan fingerprint density at radius 1 is 1.19 bits per heavy atom. The van der Waals surface area contributed by atoms with Gasteiger partial charge in [0.25, 0.3) is 0 Å². The molecule has 0 atom stereocenters. The molecule has 2 rings (SSSR count). The zero-order valence-electron chi connectivity index (χ0n) is 8.96. The van der Waals surface area contributed by atoms with Crippen molar-refractivity contribution in [1.82, 2.24) is 9.97 Å². The van der Waals surface area contributed by atoms with Gasteiger partial charge in [0.15, 0.2) is 0 Å². The summed E-state index contributed by atoms with van der Waals surface area (Å²) < 4.78 is 0. The Balaban J connectivity index is 2.21. The van der Waals surface area contributed by atoms with Gasteiger partial charge in [0, 0.05) is 6.20 Å². The van der Waals surface area contributed by atoms with Crippen LogP contribution < -0.4 is 0 Å². The molecule has 0 spiro atoms. The van der Waals surface area contributed by atoms with Gasteiger partial charge in [-0.15, -0.1) is 0 Å². The molecule has 3 nitrogen and oxygen atoms in total. The molecule has 0 fully saturated rings. The molecular formula is C13H12N2O. The molecule has 0 aliphatic heterocycles. The zero-order valence-corrected chi connectivity index (χ0v) is 8.96. The highest BCUT2D eigenvalue weighted by Crippen LogP contribution is 2.18. The predicted molar refractivity (Wildman–Crippen MR) is 63.8 cm³/mol. The van der Waals surface area contributed by atoms with Gasteiger partial charge in [0.2, 0.25) is 0 Å². The van der Waals surface area contributed by atoms with E-state index in [0.717, 1.165) is 16.8 Å². The Bertz CT molecular complexity index is 507. The van der Waals surface area contributed by atoms with Crippen molar-refractivity contribution < 1.29 is 5.11 Å². The predicted octanol–water partition coefficient (Wildman–Crippen LogP) is 2.66. The van der Waals surface area contributed by atoms with Crippen LogP contribution in [0.1, 0.15) is 16.8 Å². The SMILES string of the molecule is Cc1cc(/C=C/c2ccncn2)ccc1O. The minimum atomic E-state index is 0.319. The second kappa shape index (κ2) is 4.57. The molecule has 1 N–H and O–H groups in total. The van der Waals surface area contributed by atoms with Crippen LogP contribution in [0.3, 0.4) is 0 Å². The average Bonchev–Trinajstić information content (AvgIpc) is 2.32. The summed E-state index contributed by atoms with van der Waals surface area (Å²) in [6, 6.07) is 7.31. The Morgan fingerprint density at radius 2 is 2.06 bits per heavy atom. The Kier molecular flexibility index (Phi) is 2.96. The highest BCUT2D eigenvalue weighted by molar-refractivity contribution is 5.68. The van der Waals surface area contributed by atoms with E-state index in [9.17, 15) is 5.11 Å². The van der Waals surface area contributed by atoms with Crippen molar-refractivity contribution in [2.24, 2.45) is 0 Å². The number of benzene rings is 1. The molecule has 0 amide bonds. The monoisotopic (exact) mass is 212 g/mol. The standard InChI is InChI=1S/C13H12N2O/c1-10-8-11(3-5-13(10)16)2-4-12-6-7-14-9-15-12/h2-9,16H,1H3/b4-2+. The first-order chi connectivity index (χ1) is 7.75. The molecule has 3 heteroatoms. The quantitative estimate of drug-likeness (QED) is 0.832. The normalized spacial score (nSPS) is 10.8. The average molecular weight is 212 g/mol. The van der Waals surface area contributed by atoms with Gasteiger partial charge in [-0.1, -0.05) is 12.1 Å². The second-order valence-corrected chi connectivity index (χ2v) is 3.51. The maximum Gasteiger partial charge on any atom is 0.118 e. The number of phenolic OH excluding ortho intramolecular Hbond substituents is 1. The molecule has 0 radical (unpaired) electrons. The number of phenols is 1. The highest BCUT2D eigenvalue weighted by Gasteiger charge is 1.95. The van der Waals surface area contributed by atoms with Gasteiger partial charge < -0.3 is 5.11 Å². The Labute approximate surface area is 94.1 Å². The molecule has 0 unspecified atom stereocenters. The van der Waals surface area contributed by atoms with Crippen LogP contribution in [0.15, 0.2) is 36.8 Å². The van der Waals surface area contributed by atoms with Gasteiger partial charge in [-0.05, 0) is 42.3 Å². The fourth-order valence-electron chi connectivity index (χ4n) is 1.36. The minimum Gasteiger partial charge on any atom is -0.508 e. The molecule has 1 aromatic heterocycles. The first kappa shape index (κ1) is 10.4. The summed E-state index contributed by atoms with van der Waals surface area (Å²) in [6.45, 7) is 1.87. The van der Waals surface area contributed by atoms with E-state index in [1.807, 2.05) is 37.3 Å². The third-order valence-corrected chi connectivity index (χ3v) is 2.27. The summed E-state index contributed by atoms with van der Waals surface area (Å²) in [5, 5.41) is 9.38. The number of aromatic hydroxyl groups is 1. The molecule has 0 saturated heterocycles. The van der Waals surface area contributed by atoms with E-state index < -0.39 is 0 Å². The minimum absolute atomic E-state index is 0.319. The fourth-order valence-corrected chi connectivity index (χ4v) is 1.36. The van der Waals surface area contributed by atoms with Crippen LogP contribution in [0.5, 0.6) is 5.75 Å². The van der Waals surface area contributed by atoms with Gasteiger partial charge in [-0.25, -0.2) is 9.97 Å². The van der Waals surface area contributed by atoms with Crippen LogP contribution in [-0.4, -0.2) is 15.1 Å². The van der Waals surface area contributed by atoms with E-state index in [0.29, 0.717) is 5.75 Å². The van der Waals surface area contributed by atoms with E-state index >= 15 is 0 Å². The van der Waals surface area contributed by atoms with Gasteiger partial charge >= 0.3 is 0 Å². The largest absolute Gasteiger partial charge is 0.508 e. The lowest BCUT2D eigenvalue weighted by molar-refractivity contribution is 0.471. The maximum atomic E-state index is 9.38. The van der Waals surface area contributed by atoms with Crippen LogP contribution in [0.2, 0.25) is 0 Å². The lowest BCUT2D eigenvalue weighted by Gasteiger charge is -1.99. The molecule has 2 aromatic rings. The van der Waals surface area contributed by atoms with Crippen LogP contribution in [0, 0.1) is 6.92 Å². The van der Waals surface area contributed by atoms with E-state index in [2.05, 4.69) is 9.97 Å². The molecule has 1 heterocycles. The molecule has 0 saturated carbocycles. The van der Waals surface area contributed by atoms with Gasteiger partial charge in [0.1, 0.15) is 12.1 Å². The Hall–Kier alpha value is -2.16. The highest BCUT2D eigenvalue weighted by atomic mass is 16.3. The lowest BCUT2D eigenvalue weighted by atomic mass is 10.1. The van der Waals surface area contributed by atoms with Crippen molar-refractivity contribution in [1.29, 1.82) is 0 Å². The summed E-state index contributed by atoms with van der Waals surface area (Å²) in [5.74, 6) is 0.319. The molecule has 0 bridgehead atoms. The van der Waals surface area contributed by atoms with E-state index in [4.69, 9.17) is 0 Å². The van der Waals surface area contributed by atoms with Crippen molar-refractivity contribution in [2.45, 2.75) is 6.92 Å². The first-order valence-electron chi connectivity index (χ1n) is 4.99. The van der Waals surface area contributed by atoms with Crippen LogP contribution >= 0.6 is 0 Å². The molecule has 80 valence electrons. The van der Waals surface area contributed by atoms with Gasteiger partial charge in [0.05, 0.1) is 5.69 Å². The van der Waals surface area contributed by atoms with E-state index in [-0.39, 0.29) is 0 Å². The van der Waals surface area contributed by atoms with Crippen molar-refractivity contribution in [3.63, 3.8) is 0 Å². The van der Waals surface area contributed by atoms with Crippen molar-refractivity contribution >= 4 is 12.2 Å². The van der Waals surface area contributed by atoms with Gasteiger partial charge in [-0.2, -0.15) is 0 Å². The zero-order chi connectivity index (χ0) is 11.4. The topological polar surface area (TPSA) is 46.0 Å². The maximum absolute atomic E-state index is 9.38. The number of aryl methyl sites for hydroxylation is 1. The summed E-state index contributed by atoms with van der Waals surface area (Å²) in [5.41, 5.74) is 2.76. The number of nitrogens with zero attached hydrogens (tertiary/aromatic N) is 2. The Morgan fingerprint density at radius 3 is 2.75 bits per heavy atom. The first-order valence-corrected chi connectivity index (χ1v) is 4.99. The third kappa shape index (κ3) is 2.45. The van der Waals surface area contributed by atoms with Crippen molar-refractivity contribution in [3.05, 3.63) is 53.6 Å². The number of hydrogen-bond donors (Lipinski definition) is 1. The van der Waals surface area contributed by atoms with Crippen molar-refractivity contribution in [2.75, 3.05) is 0 Å². The van der Waals surface area contributed by atoms with Crippen molar-refractivity contribution in [3.8, 4) is 5.75 Å². The summed E-state index contributed by atoms with van der Waals surface area (Å²) in [7, 11) is 0. The molecule has 0 aliphatic rings. The molecule has 0 aliphatic carbocycles. The van der Waals surface area contributed by atoms with Gasteiger partial charge in [-0.3, -0.25) is 0 Å². The third-order valence-electron chi connectivity index (χ3n) is 2.27. The molecular weight excluding hydrogens is 200 g/mol. The number of aromatic nitrogens is 2. The molecule has 1 aromatic carbocycles. The summed E-state index contributed by atoms with van der Waals surface area (Å²) >= 11 is 0. The summed E-state index contributed by atoms with van der Waals surface area (Å²) in [6.07, 6.45) is 7.08. The molecule has 16 heavy (non-hydrogen) atoms. The van der Waals surface area contributed by atoms with Crippen LogP contribution in [-0.2, 0) is 0 Å².